The molecule has 2 heterocycles. The molecule has 0 radical (unpaired) electrons. The summed E-state index contributed by atoms with van der Waals surface area (Å²) in [7, 11) is 1.60. The Morgan fingerprint density at radius 1 is 1.32 bits per heavy atom. The standard InChI is InChI=1S/C16H17BrN4O3S/c1-3-13-19-20-14(24-13)9-25-16-18-12-5-4-10(17)8-11(12)15(22)21(16)6-7-23-2/h4-5,8H,3,6-7,9H2,1-2H3. The van der Waals surface area contributed by atoms with Gasteiger partial charge in [0.15, 0.2) is 5.16 Å². The normalized spacial score (nSPS) is 11.3. The molecule has 7 nitrogen and oxygen atoms in total. The van der Waals surface area contributed by atoms with Crippen molar-refractivity contribution in [1.29, 1.82) is 0 Å². The van der Waals surface area contributed by atoms with Gasteiger partial charge in [-0.2, -0.15) is 0 Å². The first-order valence-corrected chi connectivity index (χ1v) is 9.53. The Hall–Kier alpha value is -1.71. The van der Waals surface area contributed by atoms with Crippen LogP contribution in [0.5, 0.6) is 0 Å². The largest absolute Gasteiger partial charge is 0.424 e. The molecule has 0 spiro atoms. The summed E-state index contributed by atoms with van der Waals surface area (Å²) in [6.45, 7) is 2.81. The zero-order valence-corrected chi connectivity index (χ0v) is 16.3. The SMILES string of the molecule is CCc1nnc(CSc2nc3ccc(Br)cc3c(=O)n2CCOC)o1. The van der Waals surface area contributed by atoms with Crippen molar-refractivity contribution in [1.82, 2.24) is 19.7 Å². The van der Waals surface area contributed by atoms with Crippen molar-refractivity contribution in [3.8, 4) is 0 Å². The molecule has 0 atom stereocenters. The van der Waals surface area contributed by atoms with Crippen molar-refractivity contribution in [3.05, 3.63) is 44.8 Å². The van der Waals surface area contributed by atoms with Gasteiger partial charge in [-0.05, 0) is 18.2 Å². The highest BCUT2D eigenvalue weighted by Gasteiger charge is 2.14. The van der Waals surface area contributed by atoms with Crippen LogP contribution in [0.1, 0.15) is 18.7 Å². The fourth-order valence-electron chi connectivity index (χ4n) is 2.28. The van der Waals surface area contributed by atoms with Crippen LogP contribution in [0.25, 0.3) is 10.9 Å². The monoisotopic (exact) mass is 424 g/mol. The zero-order valence-electron chi connectivity index (χ0n) is 13.9. The number of nitrogens with zero attached hydrogens (tertiary/aromatic N) is 4. The highest BCUT2D eigenvalue weighted by Crippen LogP contribution is 2.23. The van der Waals surface area contributed by atoms with Crippen molar-refractivity contribution in [3.63, 3.8) is 0 Å². The van der Waals surface area contributed by atoms with Crippen LogP contribution in [0.4, 0.5) is 0 Å². The highest BCUT2D eigenvalue weighted by atomic mass is 79.9. The quantitative estimate of drug-likeness (QED) is 0.425. The molecular formula is C16H17BrN4O3S. The van der Waals surface area contributed by atoms with Gasteiger partial charge in [-0.1, -0.05) is 34.6 Å². The summed E-state index contributed by atoms with van der Waals surface area (Å²) in [5, 5.41) is 9.13. The third-order valence-corrected chi connectivity index (χ3v) is 4.99. The van der Waals surface area contributed by atoms with Crippen LogP contribution < -0.4 is 5.56 Å². The molecule has 3 rings (SSSR count). The van der Waals surface area contributed by atoms with Crippen molar-refractivity contribution >= 4 is 38.6 Å². The van der Waals surface area contributed by atoms with E-state index in [0.29, 0.717) is 53.2 Å². The third-order valence-electron chi connectivity index (χ3n) is 3.54. The Morgan fingerprint density at radius 3 is 2.84 bits per heavy atom. The molecule has 0 fully saturated rings. The van der Waals surface area contributed by atoms with E-state index in [1.165, 1.54) is 11.8 Å². The number of hydrogen-bond acceptors (Lipinski definition) is 7. The molecule has 25 heavy (non-hydrogen) atoms. The Balaban J connectivity index is 1.96. The molecule has 0 aliphatic carbocycles. The lowest BCUT2D eigenvalue weighted by atomic mass is 10.2. The third kappa shape index (κ3) is 4.10. The lowest BCUT2D eigenvalue weighted by Crippen LogP contribution is -2.25. The van der Waals surface area contributed by atoms with Crippen LogP contribution >= 0.6 is 27.7 Å². The van der Waals surface area contributed by atoms with E-state index in [-0.39, 0.29) is 5.56 Å². The summed E-state index contributed by atoms with van der Waals surface area (Å²) in [6.07, 6.45) is 0.694. The number of aryl methyl sites for hydroxylation is 1. The molecule has 0 saturated heterocycles. The summed E-state index contributed by atoms with van der Waals surface area (Å²) < 4.78 is 13.1. The predicted octanol–water partition coefficient (Wildman–Crippen LogP) is 3.04. The fourth-order valence-corrected chi connectivity index (χ4v) is 3.50. The first kappa shape index (κ1) is 18.1. The second-order valence-corrected chi connectivity index (χ2v) is 7.10. The molecule has 0 aliphatic heterocycles. The minimum atomic E-state index is -0.0920. The van der Waals surface area contributed by atoms with Crippen LogP contribution in [0.15, 0.2) is 37.0 Å². The number of hydrogen-bond donors (Lipinski definition) is 0. The number of ether oxygens (including phenoxy) is 1. The lowest BCUT2D eigenvalue weighted by Gasteiger charge is -2.12. The molecular weight excluding hydrogens is 408 g/mol. The van der Waals surface area contributed by atoms with Gasteiger partial charge in [0.25, 0.3) is 5.56 Å². The van der Waals surface area contributed by atoms with Crippen LogP contribution in [0, 0.1) is 0 Å². The van der Waals surface area contributed by atoms with Crippen molar-refractivity contribution in [2.24, 2.45) is 0 Å². The van der Waals surface area contributed by atoms with E-state index in [9.17, 15) is 4.79 Å². The summed E-state index contributed by atoms with van der Waals surface area (Å²) in [5.41, 5.74) is 0.565. The smallest absolute Gasteiger partial charge is 0.262 e. The molecule has 0 unspecified atom stereocenters. The second kappa shape index (κ2) is 8.11. The molecule has 0 N–H and O–H groups in total. The molecule has 1 aromatic carbocycles. The van der Waals surface area contributed by atoms with Crippen molar-refractivity contribution in [2.75, 3.05) is 13.7 Å². The Kier molecular flexibility index (Phi) is 5.87. The maximum atomic E-state index is 12.9. The predicted molar refractivity (Wildman–Crippen MR) is 98.8 cm³/mol. The Bertz CT molecular complexity index is 941. The molecule has 9 heteroatoms. The minimum absolute atomic E-state index is 0.0920. The van der Waals surface area contributed by atoms with Gasteiger partial charge in [0.05, 0.1) is 29.8 Å². The number of thioether (sulfide) groups is 1. The molecule has 132 valence electrons. The topological polar surface area (TPSA) is 83.0 Å². The van der Waals surface area contributed by atoms with Gasteiger partial charge in [-0.3, -0.25) is 9.36 Å². The van der Waals surface area contributed by atoms with E-state index in [1.807, 2.05) is 19.1 Å². The van der Waals surface area contributed by atoms with E-state index in [4.69, 9.17) is 9.15 Å². The van der Waals surface area contributed by atoms with Gasteiger partial charge in [-0.25, -0.2) is 4.98 Å². The highest BCUT2D eigenvalue weighted by molar-refractivity contribution is 9.10. The van der Waals surface area contributed by atoms with Gasteiger partial charge >= 0.3 is 0 Å². The van der Waals surface area contributed by atoms with E-state index < -0.39 is 0 Å². The van der Waals surface area contributed by atoms with Gasteiger partial charge in [0.2, 0.25) is 11.8 Å². The Labute approximate surface area is 156 Å². The van der Waals surface area contributed by atoms with Crippen LogP contribution in [-0.2, 0) is 23.5 Å². The maximum absolute atomic E-state index is 12.9. The molecule has 0 amide bonds. The summed E-state index contributed by atoms with van der Waals surface area (Å²) >= 11 is 4.80. The van der Waals surface area contributed by atoms with Crippen LogP contribution in [-0.4, -0.2) is 33.5 Å². The van der Waals surface area contributed by atoms with E-state index >= 15 is 0 Å². The molecule has 0 aliphatic rings. The zero-order chi connectivity index (χ0) is 17.8. The minimum Gasteiger partial charge on any atom is -0.424 e. The van der Waals surface area contributed by atoms with E-state index in [0.717, 1.165) is 4.47 Å². The average molecular weight is 425 g/mol. The summed E-state index contributed by atoms with van der Waals surface area (Å²) in [6, 6.07) is 5.48. The number of rotatable bonds is 7. The maximum Gasteiger partial charge on any atom is 0.262 e. The first-order valence-electron chi connectivity index (χ1n) is 7.75. The van der Waals surface area contributed by atoms with Crippen molar-refractivity contribution in [2.45, 2.75) is 30.8 Å². The molecule has 0 saturated carbocycles. The molecule has 0 bridgehead atoms. The number of fused-ring (bicyclic) bond motifs is 1. The lowest BCUT2D eigenvalue weighted by molar-refractivity contribution is 0.183. The van der Waals surface area contributed by atoms with Gasteiger partial charge in [0.1, 0.15) is 0 Å². The average Bonchev–Trinajstić information content (AvgIpc) is 3.08. The summed E-state index contributed by atoms with van der Waals surface area (Å²) in [5.74, 6) is 1.57. The van der Waals surface area contributed by atoms with E-state index in [1.54, 1.807) is 17.7 Å². The Morgan fingerprint density at radius 2 is 2.12 bits per heavy atom. The van der Waals surface area contributed by atoms with Crippen molar-refractivity contribution < 1.29 is 9.15 Å². The summed E-state index contributed by atoms with van der Waals surface area (Å²) in [4.78, 5) is 17.5. The van der Waals surface area contributed by atoms with Crippen LogP contribution in [0.2, 0.25) is 0 Å². The van der Waals surface area contributed by atoms with Gasteiger partial charge < -0.3 is 9.15 Å². The van der Waals surface area contributed by atoms with Gasteiger partial charge in [0, 0.05) is 18.0 Å². The number of halogens is 1. The number of benzene rings is 1. The van der Waals surface area contributed by atoms with E-state index in [2.05, 4.69) is 31.1 Å². The number of aromatic nitrogens is 4. The van der Waals surface area contributed by atoms with Gasteiger partial charge in [-0.15, -0.1) is 10.2 Å². The number of methoxy groups -OCH3 is 1. The fraction of sp³-hybridized carbons (Fsp3) is 0.375. The van der Waals surface area contributed by atoms with Crippen LogP contribution in [0.3, 0.4) is 0 Å². The second-order valence-electron chi connectivity index (χ2n) is 5.24. The molecule has 2 aromatic heterocycles. The first-order chi connectivity index (χ1) is 12.1. The molecule has 3 aromatic rings.